The predicted molar refractivity (Wildman–Crippen MR) is 102 cm³/mol. The van der Waals surface area contributed by atoms with Crippen molar-refractivity contribution in [3.8, 4) is 0 Å². The van der Waals surface area contributed by atoms with Crippen LogP contribution in [0.2, 0.25) is 0 Å². The van der Waals surface area contributed by atoms with Crippen LogP contribution in [-0.4, -0.2) is 30.3 Å². The third-order valence-electron chi connectivity index (χ3n) is 6.32. The van der Waals surface area contributed by atoms with E-state index in [9.17, 15) is 4.79 Å². The molecule has 1 heterocycles. The first-order valence-electron chi connectivity index (χ1n) is 10.1. The Kier molecular flexibility index (Phi) is 6.13. The van der Waals surface area contributed by atoms with Crippen LogP contribution < -0.4 is 0 Å². The minimum Gasteiger partial charge on any atom is -0.359 e. The summed E-state index contributed by atoms with van der Waals surface area (Å²) in [6.45, 7) is 5.82. The van der Waals surface area contributed by atoms with Gasteiger partial charge in [-0.25, -0.2) is 0 Å². The Bertz CT molecular complexity index is 638. The minimum atomic E-state index is -0.871. The van der Waals surface area contributed by atoms with E-state index < -0.39 is 5.60 Å². The Morgan fingerprint density at radius 1 is 1.27 bits per heavy atom. The summed E-state index contributed by atoms with van der Waals surface area (Å²) in [5, 5.41) is 0. The molecular weight excluding hydrogens is 326 g/mol. The second-order valence-electron chi connectivity index (χ2n) is 8.52. The molecule has 4 nitrogen and oxygen atoms in total. The molecule has 0 N–H and O–H groups in total. The zero-order valence-electron chi connectivity index (χ0n) is 16.7. The van der Waals surface area contributed by atoms with Gasteiger partial charge >= 0.3 is 0 Å². The quantitative estimate of drug-likeness (QED) is 0.589. The van der Waals surface area contributed by atoms with Crippen LogP contribution in [0, 0.1) is 17.8 Å². The van der Waals surface area contributed by atoms with E-state index >= 15 is 0 Å². The highest BCUT2D eigenvalue weighted by atomic mass is 16.7. The first-order chi connectivity index (χ1) is 12.5. The number of methoxy groups -OCH3 is 1. The molecule has 0 saturated heterocycles. The molecule has 1 fully saturated rings. The Balaban J connectivity index is 1.78. The monoisotopic (exact) mass is 359 g/mol. The standard InChI is InChI=1S/C22H33NO3/c1-15(2)22(16(3)24,26-14-25-4)13-21-20-12-18(8-7-17-5-6-17)11-19(20)9-10-23-21/h9-10,15,17-18H,5-8,11-14H2,1-4H3/t18-,22-/m1/s1. The van der Waals surface area contributed by atoms with Crippen molar-refractivity contribution in [3.05, 3.63) is 29.1 Å². The number of ether oxygens (including phenoxy) is 2. The normalized spacial score (nSPS) is 21.7. The number of Topliss-reactive ketones (excluding diaryl/α,β-unsaturated/α-hetero) is 1. The minimum absolute atomic E-state index is 0.0484. The topological polar surface area (TPSA) is 48.4 Å². The van der Waals surface area contributed by atoms with Crippen LogP contribution in [0.25, 0.3) is 0 Å². The third-order valence-corrected chi connectivity index (χ3v) is 6.32. The Labute approximate surface area is 157 Å². The van der Waals surface area contributed by atoms with Gasteiger partial charge in [0.15, 0.2) is 5.78 Å². The Morgan fingerprint density at radius 2 is 2.00 bits per heavy atom. The Morgan fingerprint density at radius 3 is 2.62 bits per heavy atom. The number of hydrogen-bond donors (Lipinski definition) is 0. The van der Waals surface area contributed by atoms with E-state index in [1.807, 2.05) is 20.0 Å². The van der Waals surface area contributed by atoms with Crippen molar-refractivity contribution in [2.45, 2.75) is 71.3 Å². The van der Waals surface area contributed by atoms with Crippen molar-refractivity contribution in [3.63, 3.8) is 0 Å². The number of ketones is 1. The number of fused-ring (bicyclic) bond motifs is 1. The molecule has 26 heavy (non-hydrogen) atoms. The van der Waals surface area contributed by atoms with E-state index in [-0.39, 0.29) is 18.5 Å². The van der Waals surface area contributed by atoms with Crippen LogP contribution in [0.3, 0.4) is 0 Å². The number of rotatable bonds is 10. The van der Waals surface area contributed by atoms with E-state index in [0.29, 0.717) is 6.42 Å². The van der Waals surface area contributed by atoms with Gasteiger partial charge in [-0.2, -0.15) is 0 Å². The number of carbonyl (C=O) groups is 1. The highest BCUT2D eigenvalue weighted by molar-refractivity contribution is 5.85. The molecular formula is C22H33NO3. The van der Waals surface area contributed by atoms with Gasteiger partial charge in [0.05, 0.1) is 0 Å². The largest absolute Gasteiger partial charge is 0.359 e. The molecule has 0 radical (unpaired) electrons. The van der Waals surface area contributed by atoms with E-state index in [0.717, 1.165) is 30.4 Å². The van der Waals surface area contributed by atoms with Gasteiger partial charge in [-0.3, -0.25) is 9.78 Å². The molecule has 0 aliphatic heterocycles. The zero-order valence-corrected chi connectivity index (χ0v) is 16.7. The first kappa shape index (κ1) is 19.5. The van der Waals surface area contributed by atoms with Crippen LogP contribution in [0.15, 0.2) is 12.3 Å². The predicted octanol–water partition coefficient (Wildman–Crippen LogP) is 4.13. The number of hydrogen-bond acceptors (Lipinski definition) is 4. The van der Waals surface area contributed by atoms with Crippen LogP contribution in [-0.2, 0) is 33.5 Å². The van der Waals surface area contributed by atoms with Gasteiger partial charge in [-0.1, -0.05) is 33.1 Å². The summed E-state index contributed by atoms with van der Waals surface area (Å²) in [4.78, 5) is 17.2. The SMILES string of the molecule is COCO[C@@](Cc1nccc2c1C[C@H](CCC1CC1)C2)(C(C)=O)C(C)C. The van der Waals surface area contributed by atoms with E-state index in [4.69, 9.17) is 9.47 Å². The van der Waals surface area contributed by atoms with Crippen molar-refractivity contribution in [1.29, 1.82) is 0 Å². The fraction of sp³-hybridized carbons (Fsp3) is 0.727. The number of pyridine rings is 1. The van der Waals surface area contributed by atoms with Gasteiger partial charge in [0, 0.05) is 25.4 Å². The van der Waals surface area contributed by atoms with Gasteiger partial charge in [-0.05, 0) is 61.1 Å². The second-order valence-corrected chi connectivity index (χ2v) is 8.52. The van der Waals surface area contributed by atoms with Crippen molar-refractivity contribution in [2.75, 3.05) is 13.9 Å². The lowest BCUT2D eigenvalue weighted by Gasteiger charge is -2.35. The van der Waals surface area contributed by atoms with Crippen molar-refractivity contribution >= 4 is 5.78 Å². The molecule has 0 aromatic carbocycles. The molecule has 144 valence electrons. The van der Waals surface area contributed by atoms with Gasteiger partial charge < -0.3 is 9.47 Å². The van der Waals surface area contributed by atoms with Crippen LogP contribution >= 0.6 is 0 Å². The lowest BCUT2D eigenvalue weighted by molar-refractivity contribution is -0.171. The average Bonchev–Trinajstić information content (AvgIpc) is 3.34. The maximum absolute atomic E-state index is 12.6. The molecule has 0 bridgehead atoms. The number of carbonyl (C=O) groups excluding carboxylic acids is 1. The van der Waals surface area contributed by atoms with Crippen molar-refractivity contribution < 1.29 is 14.3 Å². The smallest absolute Gasteiger partial charge is 0.162 e. The molecule has 0 spiro atoms. The van der Waals surface area contributed by atoms with Crippen LogP contribution in [0.4, 0.5) is 0 Å². The maximum atomic E-state index is 12.6. The highest BCUT2D eigenvalue weighted by Crippen LogP contribution is 2.39. The van der Waals surface area contributed by atoms with Crippen LogP contribution in [0.5, 0.6) is 0 Å². The summed E-state index contributed by atoms with van der Waals surface area (Å²) in [5.74, 6) is 1.83. The summed E-state index contributed by atoms with van der Waals surface area (Å²) < 4.78 is 11.1. The fourth-order valence-corrected chi connectivity index (χ4v) is 4.39. The molecule has 4 heteroatoms. The van der Waals surface area contributed by atoms with Crippen molar-refractivity contribution in [1.82, 2.24) is 4.98 Å². The second kappa shape index (κ2) is 8.18. The molecule has 1 aromatic heterocycles. The number of aromatic nitrogens is 1. The molecule has 2 aliphatic carbocycles. The lowest BCUT2D eigenvalue weighted by Crippen LogP contribution is -2.48. The lowest BCUT2D eigenvalue weighted by atomic mass is 9.81. The third kappa shape index (κ3) is 4.17. The van der Waals surface area contributed by atoms with E-state index in [1.165, 1.54) is 36.8 Å². The summed E-state index contributed by atoms with van der Waals surface area (Å²) >= 11 is 0. The Hall–Kier alpha value is -1.26. The maximum Gasteiger partial charge on any atom is 0.162 e. The average molecular weight is 360 g/mol. The summed E-state index contributed by atoms with van der Waals surface area (Å²) in [6, 6.07) is 2.16. The first-order valence-corrected chi connectivity index (χ1v) is 10.1. The van der Waals surface area contributed by atoms with Gasteiger partial charge in [0.25, 0.3) is 0 Å². The van der Waals surface area contributed by atoms with Crippen molar-refractivity contribution in [2.24, 2.45) is 17.8 Å². The molecule has 2 atom stereocenters. The van der Waals surface area contributed by atoms with Gasteiger partial charge in [-0.15, -0.1) is 0 Å². The fourth-order valence-electron chi connectivity index (χ4n) is 4.39. The molecule has 0 unspecified atom stereocenters. The van der Waals surface area contributed by atoms with Gasteiger partial charge in [0.1, 0.15) is 12.4 Å². The molecule has 1 aromatic rings. The molecule has 0 amide bonds. The highest BCUT2D eigenvalue weighted by Gasteiger charge is 2.42. The molecule has 2 aliphatic rings. The van der Waals surface area contributed by atoms with Gasteiger partial charge in [0.2, 0.25) is 0 Å². The van der Waals surface area contributed by atoms with E-state index in [1.54, 1.807) is 14.0 Å². The van der Waals surface area contributed by atoms with Crippen LogP contribution in [0.1, 0.15) is 63.3 Å². The van der Waals surface area contributed by atoms with E-state index in [2.05, 4.69) is 11.1 Å². The number of nitrogens with zero attached hydrogens (tertiary/aromatic N) is 1. The molecule has 3 rings (SSSR count). The summed E-state index contributed by atoms with van der Waals surface area (Å²) in [7, 11) is 1.59. The molecule has 1 saturated carbocycles. The summed E-state index contributed by atoms with van der Waals surface area (Å²) in [6.07, 6.45) is 10.2. The zero-order chi connectivity index (χ0) is 18.7. The summed E-state index contributed by atoms with van der Waals surface area (Å²) in [5.41, 5.74) is 2.95.